The van der Waals surface area contributed by atoms with Gasteiger partial charge in [0.05, 0.1) is 19.3 Å². The molecule has 17 nitrogen and oxygen atoms in total. The van der Waals surface area contributed by atoms with Crippen LogP contribution in [0.1, 0.15) is 34.3 Å². The summed E-state index contributed by atoms with van der Waals surface area (Å²) in [5.41, 5.74) is 2.76. The van der Waals surface area contributed by atoms with Crippen LogP contribution in [0.15, 0.2) is 79.5 Å². The summed E-state index contributed by atoms with van der Waals surface area (Å²) in [6, 6.07) is 16.1. The zero-order chi connectivity index (χ0) is 44.0. The summed E-state index contributed by atoms with van der Waals surface area (Å²) in [6.45, 7) is 7.05. The van der Waals surface area contributed by atoms with Crippen LogP contribution in [0.5, 0.6) is 5.75 Å². The number of hydrogen-bond acceptors (Lipinski definition) is 13. The Balaban J connectivity index is 0.891. The zero-order valence-electron chi connectivity index (χ0n) is 33.6. The van der Waals surface area contributed by atoms with Gasteiger partial charge in [-0.25, -0.2) is 4.98 Å². The minimum atomic E-state index is -4.76. The molecule has 3 aromatic carbocycles. The highest BCUT2D eigenvalue weighted by Gasteiger charge is 2.40. The molecule has 0 bridgehead atoms. The molecular weight excluding hydrogens is 812 g/mol. The number of benzene rings is 3. The molecule has 5 amide bonds. The molecule has 6 N–H and O–H groups in total. The van der Waals surface area contributed by atoms with Gasteiger partial charge in [0.25, 0.3) is 5.91 Å². The molecule has 62 heavy (non-hydrogen) atoms. The summed E-state index contributed by atoms with van der Waals surface area (Å²) in [4.78, 5) is 75.5. The number of methoxy groups -OCH3 is 1. The van der Waals surface area contributed by atoms with E-state index >= 15 is 0 Å². The van der Waals surface area contributed by atoms with Crippen molar-refractivity contribution >= 4 is 69.7 Å². The number of nitrogens with one attached hydrogen (secondary N) is 6. The van der Waals surface area contributed by atoms with Crippen LogP contribution in [0, 0.1) is 0 Å². The number of carbonyl (C=O) groups is 5. The fourth-order valence-corrected chi connectivity index (χ4v) is 7.42. The van der Waals surface area contributed by atoms with E-state index in [4.69, 9.17) is 4.74 Å². The molecule has 4 aromatic rings. The van der Waals surface area contributed by atoms with Crippen LogP contribution >= 0.6 is 0 Å². The normalized spacial score (nSPS) is 16.6. The van der Waals surface area contributed by atoms with Crippen molar-refractivity contribution in [1.82, 2.24) is 30.4 Å². The Morgan fingerprint density at radius 3 is 2.48 bits per heavy atom. The lowest BCUT2D eigenvalue weighted by molar-refractivity contribution is -0.138. The van der Waals surface area contributed by atoms with E-state index in [1.165, 1.54) is 24.1 Å². The van der Waals surface area contributed by atoms with E-state index in [9.17, 15) is 37.1 Å². The Morgan fingerprint density at radius 1 is 0.968 bits per heavy atom. The summed E-state index contributed by atoms with van der Waals surface area (Å²) in [5, 5.41) is 16.8. The number of amides is 5. The van der Waals surface area contributed by atoms with Crippen molar-refractivity contribution in [1.29, 1.82) is 0 Å². The Bertz CT molecular complexity index is 2390. The second-order valence-electron chi connectivity index (χ2n) is 14.6. The van der Waals surface area contributed by atoms with Crippen LogP contribution in [-0.4, -0.2) is 108 Å². The van der Waals surface area contributed by atoms with Crippen molar-refractivity contribution in [3.8, 4) is 5.75 Å². The highest BCUT2D eigenvalue weighted by molar-refractivity contribution is 6.06. The first-order chi connectivity index (χ1) is 29.8. The molecule has 2 saturated heterocycles. The van der Waals surface area contributed by atoms with Crippen molar-refractivity contribution in [3.63, 3.8) is 0 Å². The number of carbonyl (C=O) groups excluding carboxylic acids is 5. The smallest absolute Gasteiger partial charge is 0.421 e. The third-order valence-electron chi connectivity index (χ3n) is 10.6. The molecule has 2 fully saturated rings. The zero-order valence-corrected chi connectivity index (χ0v) is 33.6. The first-order valence-electron chi connectivity index (χ1n) is 19.7. The largest absolute Gasteiger partial charge is 0.494 e. The number of halogens is 3. The Labute approximate surface area is 354 Å². The van der Waals surface area contributed by atoms with E-state index in [-0.39, 0.29) is 55.3 Å². The first-order valence-corrected chi connectivity index (χ1v) is 19.7. The number of ether oxygens (including phenoxy) is 1. The molecule has 1 aromatic heterocycles. The number of alkyl halides is 3. The van der Waals surface area contributed by atoms with Crippen LogP contribution < -0.4 is 41.5 Å². The topological polar surface area (TPSA) is 202 Å². The van der Waals surface area contributed by atoms with Gasteiger partial charge in [0.15, 0.2) is 0 Å². The number of aromatic nitrogens is 2. The van der Waals surface area contributed by atoms with Gasteiger partial charge in [-0.15, -0.1) is 0 Å². The quantitative estimate of drug-likeness (QED) is 0.0565. The number of rotatable bonds is 15. The average molecular weight is 856 g/mol. The number of anilines is 7. The number of nitrogens with zero attached hydrogens (tertiary/aromatic N) is 5. The molecule has 0 spiro atoms. The molecule has 324 valence electrons. The van der Waals surface area contributed by atoms with Crippen LogP contribution in [0.3, 0.4) is 0 Å². The van der Waals surface area contributed by atoms with Gasteiger partial charge < -0.3 is 41.1 Å². The SMILES string of the molecule is C=CC(=O)Nc1cccc(Nc2nc(Nc3ccc(N4CCN(CC(=O)NCCNc5cccc6c5CN(C5CCC(=O)NC5=O)C6=O)CC4)cc3OC)ncc2C(F)(F)F)c1. The van der Waals surface area contributed by atoms with E-state index in [0.717, 1.165) is 23.0 Å². The molecule has 1 atom stereocenters. The molecule has 0 radical (unpaired) electrons. The summed E-state index contributed by atoms with van der Waals surface area (Å²) in [6.07, 6.45) is -2.55. The van der Waals surface area contributed by atoms with E-state index < -0.39 is 35.4 Å². The lowest BCUT2D eigenvalue weighted by Crippen LogP contribution is -2.52. The lowest BCUT2D eigenvalue weighted by Gasteiger charge is -2.36. The fourth-order valence-electron chi connectivity index (χ4n) is 7.42. The first kappa shape index (κ1) is 42.9. The standard InChI is InChI=1S/C42H44F3N11O6/c1-3-35(57)49-25-6-4-7-26(20-25)50-38-30(42(43,44)45)22-48-41(53-38)51-32-11-10-27(21-34(32)62-2)55-18-16-54(17-19-55)24-37(59)47-15-14-46-31-9-5-8-28-29(31)23-56(40(28)61)33-12-13-36(58)52-39(33)60/h3-11,20-22,33,46H,1,12-19,23-24H2,2H3,(H,47,59)(H,49,57)(H,52,58,60)(H2,48,50,51,53). The van der Waals surface area contributed by atoms with E-state index in [0.29, 0.717) is 68.2 Å². The molecule has 0 saturated carbocycles. The number of piperazine rings is 1. The van der Waals surface area contributed by atoms with Crippen molar-refractivity contribution in [2.45, 2.75) is 31.6 Å². The van der Waals surface area contributed by atoms with Gasteiger partial charge >= 0.3 is 6.18 Å². The van der Waals surface area contributed by atoms with Gasteiger partial charge in [-0.05, 0) is 55.0 Å². The third kappa shape index (κ3) is 10.0. The number of piperidine rings is 1. The van der Waals surface area contributed by atoms with Crippen molar-refractivity contribution < 1.29 is 41.9 Å². The van der Waals surface area contributed by atoms with Gasteiger partial charge in [0.1, 0.15) is 23.2 Å². The molecular formula is C42H44F3N11O6. The second kappa shape index (κ2) is 18.6. The number of fused-ring (bicyclic) bond motifs is 1. The molecule has 3 aliphatic rings. The molecule has 0 aliphatic carbocycles. The van der Waals surface area contributed by atoms with Crippen molar-refractivity contribution in [2.75, 3.05) is 79.1 Å². The van der Waals surface area contributed by atoms with Crippen molar-refractivity contribution in [2.24, 2.45) is 0 Å². The van der Waals surface area contributed by atoms with Gasteiger partial charge in [0, 0.05) is 98.4 Å². The van der Waals surface area contributed by atoms with Crippen molar-refractivity contribution in [3.05, 3.63) is 96.2 Å². The maximum atomic E-state index is 14.0. The highest BCUT2D eigenvalue weighted by atomic mass is 19.4. The van der Waals surface area contributed by atoms with Gasteiger partial charge in [0.2, 0.25) is 29.6 Å². The van der Waals surface area contributed by atoms with E-state index in [1.54, 1.807) is 36.4 Å². The second-order valence-corrected chi connectivity index (χ2v) is 14.6. The van der Waals surface area contributed by atoms with Gasteiger partial charge in [-0.2, -0.15) is 18.2 Å². The summed E-state index contributed by atoms with van der Waals surface area (Å²) in [7, 11) is 1.47. The van der Waals surface area contributed by atoms with Gasteiger partial charge in [-0.3, -0.25) is 34.2 Å². The predicted octanol–water partition coefficient (Wildman–Crippen LogP) is 4.23. The highest BCUT2D eigenvalue weighted by Crippen LogP contribution is 2.37. The van der Waals surface area contributed by atoms with Crippen LogP contribution in [0.2, 0.25) is 0 Å². The maximum Gasteiger partial charge on any atom is 0.421 e. The lowest BCUT2D eigenvalue weighted by atomic mass is 10.0. The van der Waals surface area contributed by atoms with Crippen LogP contribution in [0.25, 0.3) is 0 Å². The minimum absolute atomic E-state index is 0.122. The summed E-state index contributed by atoms with van der Waals surface area (Å²) >= 11 is 0. The molecule has 20 heteroatoms. The molecule has 3 aliphatic heterocycles. The molecule has 4 heterocycles. The predicted molar refractivity (Wildman–Crippen MR) is 225 cm³/mol. The van der Waals surface area contributed by atoms with Crippen LogP contribution in [0.4, 0.5) is 53.4 Å². The Kier molecular flexibility index (Phi) is 12.9. The monoisotopic (exact) mass is 855 g/mol. The average Bonchev–Trinajstić information content (AvgIpc) is 3.58. The number of hydrogen-bond donors (Lipinski definition) is 6. The Hall–Kier alpha value is -7.22. The molecule has 1 unspecified atom stereocenters. The minimum Gasteiger partial charge on any atom is -0.494 e. The molecule has 7 rings (SSSR count). The fraction of sp³-hybridized carbons (Fsp3) is 0.310. The van der Waals surface area contributed by atoms with E-state index in [1.807, 2.05) is 17.0 Å². The summed E-state index contributed by atoms with van der Waals surface area (Å²) in [5.74, 6) is -1.90. The van der Waals surface area contributed by atoms with Crippen LogP contribution in [-0.2, 0) is 31.9 Å². The number of imide groups is 1. The van der Waals surface area contributed by atoms with E-state index in [2.05, 4.69) is 53.3 Å². The van der Waals surface area contributed by atoms with Gasteiger partial charge in [-0.1, -0.05) is 18.7 Å². The Morgan fingerprint density at radius 2 is 1.74 bits per heavy atom. The maximum absolute atomic E-state index is 14.0. The summed E-state index contributed by atoms with van der Waals surface area (Å²) < 4.78 is 47.6. The third-order valence-corrected chi connectivity index (χ3v) is 10.6.